The summed E-state index contributed by atoms with van der Waals surface area (Å²) in [5.41, 5.74) is 1.48. The zero-order valence-electron chi connectivity index (χ0n) is 11.0. The fraction of sp³-hybridized carbons (Fsp3) is 0.250. The predicted molar refractivity (Wildman–Crippen MR) is 78.4 cm³/mol. The number of pyridine rings is 1. The smallest absolute Gasteiger partial charge is 0.230 e. The topological polar surface area (TPSA) is 42.0 Å². The Labute approximate surface area is 123 Å². The Balaban J connectivity index is 1.71. The van der Waals surface area contributed by atoms with Gasteiger partial charge >= 0.3 is 0 Å². The summed E-state index contributed by atoms with van der Waals surface area (Å²) in [6.45, 7) is 0.460. The van der Waals surface area contributed by atoms with E-state index in [-0.39, 0.29) is 11.3 Å². The summed E-state index contributed by atoms with van der Waals surface area (Å²) in [7, 11) is 0. The average molecular weight is 287 g/mol. The Morgan fingerprint density at radius 3 is 2.75 bits per heavy atom. The van der Waals surface area contributed by atoms with Gasteiger partial charge in [-0.2, -0.15) is 0 Å². The van der Waals surface area contributed by atoms with Gasteiger partial charge in [-0.25, -0.2) is 0 Å². The third-order valence-corrected chi connectivity index (χ3v) is 3.95. The second-order valence-electron chi connectivity index (χ2n) is 5.10. The number of aromatic nitrogens is 1. The summed E-state index contributed by atoms with van der Waals surface area (Å²) in [5.74, 6) is 0.0606. The van der Waals surface area contributed by atoms with Crippen molar-refractivity contribution in [3.63, 3.8) is 0 Å². The fourth-order valence-corrected chi connectivity index (χ4v) is 2.59. The summed E-state index contributed by atoms with van der Waals surface area (Å²) in [6, 6.07) is 13.3. The molecule has 1 aromatic heterocycles. The van der Waals surface area contributed by atoms with E-state index in [9.17, 15) is 4.79 Å². The molecule has 1 aliphatic rings. The van der Waals surface area contributed by atoms with Crippen LogP contribution in [0.1, 0.15) is 24.1 Å². The zero-order valence-corrected chi connectivity index (χ0v) is 11.7. The van der Waals surface area contributed by atoms with Gasteiger partial charge < -0.3 is 5.32 Å². The molecule has 0 saturated heterocycles. The number of hydrogen-bond donors (Lipinski definition) is 1. The van der Waals surface area contributed by atoms with Crippen LogP contribution in [0.15, 0.2) is 48.7 Å². The lowest BCUT2D eigenvalue weighted by Gasteiger charge is -2.15. The first kappa shape index (κ1) is 13.1. The molecular formula is C16H15ClN2O. The average Bonchev–Trinajstić information content (AvgIpc) is 3.28. The molecule has 1 N–H and O–H groups in total. The number of nitrogens with one attached hydrogen (secondary N) is 1. The zero-order chi connectivity index (χ0) is 14.0. The molecule has 1 aliphatic carbocycles. The third kappa shape index (κ3) is 2.54. The minimum Gasteiger partial charge on any atom is -0.350 e. The van der Waals surface area contributed by atoms with Crippen molar-refractivity contribution in [1.82, 2.24) is 10.3 Å². The van der Waals surface area contributed by atoms with E-state index in [1.165, 1.54) is 0 Å². The quantitative estimate of drug-likeness (QED) is 0.938. The molecule has 3 nitrogen and oxygen atoms in total. The van der Waals surface area contributed by atoms with Gasteiger partial charge in [0.25, 0.3) is 0 Å². The Bertz CT molecular complexity index is 623. The molecule has 1 amide bonds. The molecule has 3 rings (SSSR count). The number of nitrogens with zero attached hydrogens (tertiary/aromatic N) is 1. The molecule has 1 saturated carbocycles. The molecule has 0 spiro atoms. The van der Waals surface area contributed by atoms with Crippen LogP contribution in [-0.4, -0.2) is 10.9 Å². The van der Waals surface area contributed by atoms with Gasteiger partial charge in [-0.1, -0.05) is 29.8 Å². The van der Waals surface area contributed by atoms with Crippen molar-refractivity contribution in [3.8, 4) is 0 Å². The first-order chi connectivity index (χ1) is 9.71. The second kappa shape index (κ2) is 5.25. The summed E-state index contributed by atoms with van der Waals surface area (Å²) in [6.07, 6.45) is 3.48. The number of rotatable bonds is 4. The van der Waals surface area contributed by atoms with E-state index < -0.39 is 0 Å². The van der Waals surface area contributed by atoms with E-state index in [2.05, 4.69) is 10.3 Å². The van der Waals surface area contributed by atoms with E-state index >= 15 is 0 Å². The number of amides is 1. The van der Waals surface area contributed by atoms with Gasteiger partial charge in [0.05, 0.1) is 17.7 Å². The highest BCUT2D eigenvalue weighted by atomic mass is 35.5. The normalized spacial score (nSPS) is 15.7. The van der Waals surface area contributed by atoms with Crippen LogP contribution in [0, 0.1) is 0 Å². The largest absolute Gasteiger partial charge is 0.350 e. The lowest BCUT2D eigenvalue weighted by Crippen LogP contribution is -2.34. The molecule has 0 bridgehead atoms. The second-order valence-corrected chi connectivity index (χ2v) is 5.53. The van der Waals surface area contributed by atoms with Gasteiger partial charge in [0, 0.05) is 11.2 Å². The van der Waals surface area contributed by atoms with Gasteiger partial charge in [0.2, 0.25) is 5.91 Å². The molecule has 2 aromatic rings. The lowest BCUT2D eigenvalue weighted by molar-refractivity contribution is -0.123. The van der Waals surface area contributed by atoms with Crippen LogP contribution in [0.3, 0.4) is 0 Å². The van der Waals surface area contributed by atoms with Crippen molar-refractivity contribution in [2.75, 3.05) is 0 Å². The maximum atomic E-state index is 12.4. The van der Waals surface area contributed by atoms with Gasteiger partial charge in [-0.05, 0) is 42.7 Å². The van der Waals surface area contributed by atoms with Crippen molar-refractivity contribution in [2.24, 2.45) is 0 Å². The van der Waals surface area contributed by atoms with Crippen LogP contribution < -0.4 is 5.32 Å². The summed E-state index contributed by atoms with van der Waals surface area (Å²) < 4.78 is 0. The van der Waals surface area contributed by atoms with Crippen molar-refractivity contribution in [2.45, 2.75) is 24.8 Å². The van der Waals surface area contributed by atoms with Crippen molar-refractivity contribution >= 4 is 17.5 Å². The summed E-state index contributed by atoms with van der Waals surface area (Å²) >= 11 is 6.01. The highest BCUT2D eigenvalue weighted by Crippen LogP contribution is 2.48. The van der Waals surface area contributed by atoms with Crippen molar-refractivity contribution in [3.05, 3.63) is 64.9 Å². The number of halogens is 1. The summed E-state index contributed by atoms with van der Waals surface area (Å²) in [5, 5.41) is 3.65. The molecule has 1 fully saturated rings. The fourth-order valence-electron chi connectivity index (χ4n) is 2.40. The minimum absolute atomic E-state index is 0.0606. The van der Waals surface area contributed by atoms with E-state index in [0.29, 0.717) is 11.6 Å². The molecule has 4 heteroatoms. The SMILES string of the molecule is O=C(NCc1ccccn1)C1(c2cccc(Cl)c2)CC1. The molecule has 1 heterocycles. The summed E-state index contributed by atoms with van der Waals surface area (Å²) in [4.78, 5) is 16.6. The highest BCUT2D eigenvalue weighted by molar-refractivity contribution is 6.30. The van der Waals surface area contributed by atoms with Gasteiger partial charge in [-0.3, -0.25) is 9.78 Å². The Morgan fingerprint density at radius 2 is 2.10 bits per heavy atom. The predicted octanol–water partition coefficient (Wildman–Crippen LogP) is 3.08. The first-order valence-corrected chi connectivity index (χ1v) is 7.03. The number of carbonyl (C=O) groups is 1. The molecule has 0 atom stereocenters. The van der Waals surface area contributed by atoms with Crippen LogP contribution in [0.25, 0.3) is 0 Å². The Hall–Kier alpha value is -1.87. The minimum atomic E-state index is -0.389. The standard InChI is InChI=1S/C16H15ClN2O/c17-13-5-3-4-12(10-13)16(7-8-16)15(20)19-11-14-6-1-2-9-18-14/h1-6,9-10H,7-8,11H2,(H,19,20). The maximum Gasteiger partial charge on any atom is 0.230 e. The monoisotopic (exact) mass is 286 g/mol. The molecule has 0 radical (unpaired) electrons. The van der Waals surface area contributed by atoms with E-state index in [1.54, 1.807) is 6.20 Å². The Kier molecular flexibility index (Phi) is 3.45. The van der Waals surface area contributed by atoms with Crippen LogP contribution in [0.2, 0.25) is 5.02 Å². The van der Waals surface area contributed by atoms with Gasteiger partial charge in [0.1, 0.15) is 0 Å². The Morgan fingerprint density at radius 1 is 1.25 bits per heavy atom. The molecule has 20 heavy (non-hydrogen) atoms. The van der Waals surface area contributed by atoms with Crippen LogP contribution in [-0.2, 0) is 16.8 Å². The lowest BCUT2D eigenvalue weighted by atomic mass is 9.95. The number of hydrogen-bond acceptors (Lipinski definition) is 2. The van der Waals surface area contributed by atoms with E-state index in [4.69, 9.17) is 11.6 Å². The van der Waals surface area contributed by atoms with E-state index in [1.807, 2.05) is 42.5 Å². The highest BCUT2D eigenvalue weighted by Gasteiger charge is 2.51. The number of benzene rings is 1. The first-order valence-electron chi connectivity index (χ1n) is 6.65. The van der Waals surface area contributed by atoms with Crippen molar-refractivity contribution < 1.29 is 4.79 Å². The van der Waals surface area contributed by atoms with Crippen LogP contribution in [0.5, 0.6) is 0 Å². The van der Waals surface area contributed by atoms with Crippen molar-refractivity contribution in [1.29, 1.82) is 0 Å². The van der Waals surface area contributed by atoms with Gasteiger partial charge in [-0.15, -0.1) is 0 Å². The maximum absolute atomic E-state index is 12.4. The molecule has 0 unspecified atom stereocenters. The third-order valence-electron chi connectivity index (χ3n) is 3.72. The van der Waals surface area contributed by atoms with Crippen LogP contribution >= 0.6 is 11.6 Å². The van der Waals surface area contributed by atoms with E-state index in [0.717, 1.165) is 24.1 Å². The molecule has 1 aromatic carbocycles. The van der Waals surface area contributed by atoms with Crippen LogP contribution in [0.4, 0.5) is 0 Å². The van der Waals surface area contributed by atoms with Gasteiger partial charge in [0.15, 0.2) is 0 Å². The number of carbonyl (C=O) groups excluding carboxylic acids is 1. The molecular weight excluding hydrogens is 272 g/mol. The molecule has 102 valence electrons. The molecule has 0 aliphatic heterocycles.